The Labute approximate surface area is 130 Å². The molecule has 0 fully saturated rings. The summed E-state index contributed by atoms with van der Waals surface area (Å²) in [4.78, 5) is 15.5. The third-order valence-electron chi connectivity index (χ3n) is 2.66. The monoisotopic (exact) mass is 372 g/mol. The lowest BCUT2D eigenvalue weighted by Gasteiger charge is -2.08. The molecule has 19 heavy (non-hydrogen) atoms. The third kappa shape index (κ3) is 2.18. The molecule has 1 N–H and O–H groups in total. The van der Waals surface area contributed by atoms with Crippen molar-refractivity contribution in [1.82, 2.24) is 9.55 Å². The first-order chi connectivity index (χ1) is 9.08. The van der Waals surface area contributed by atoms with Crippen LogP contribution in [0.5, 0.6) is 0 Å². The Bertz CT molecular complexity index is 897. The molecule has 0 aliphatic rings. The van der Waals surface area contributed by atoms with Gasteiger partial charge in [-0.25, -0.2) is 0 Å². The molecule has 0 amide bonds. The van der Waals surface area contributed by atoms with Gasteiger partial charge in [-0.2, -0.15) is 0 Å². The molecule has 3 aromatic rings. The molecule has 0 aliphatic heterocycles. The van der Waals surface area contributed by atoms with Gasteiger partial charge < -0.3 is 4.98 Å². The molecule has 1 aromatic carbocycles. The van der Waals surface area contributed by atoms with Crippen LogP contribution in [0, 0.1) is 4.77 Å². The average Bonchev–Trinajstić information content (AvgIpc) is 2.80. The zero-order chi connectivity index (χ0) is 13.6. The van der Waals surface area contributed by atoms with E-state index in [0.717, 1.165) is 9.99 Å². The number of H-pyrrole nitrogens is 1. The van der Waals surface area contributed by atoms with E-state index in [1.807, 2.05) is 11.4 Å². The Kier molecular flexibility index (Phi) is 3.34. The summed E-state index contributed by atoms with van der Waals surface area (Å²) in [5.41, 5.74) is 1.31. The van der Waals surface area contributed by atoms with E-state index in [1.54, 1.807) is 18.2 Å². The summed E-state index contributed by atoms with van der Waals surface area (Å²) in [5, 5.41) is 2.45. The molecule has 96 valence electrons. The maximum absolute atomic E-state index is 12.5. The van der Waals surface area contributed by atoms with Gasteiger partial charge in [0.2, 0.25) is 0 Å². The molecule has 0 saturated carbocycles. The first-order valence-electron chi connectivity index (χ1n) is 5.26. The van der Waals surface area contributed by atoms with Gasteiger partial charge in [0.25, 0.3) is 5.56 Å². The summed E-state index contributed by atoms with van der Waals surface area (Å²) >= 11 is 16.0. The number of aromatic amines is 1. The molecule has 0 unspecified atom stereocenters. The van der Waals surface area contributed by atoms with Crippen LogP contribution in [0.3, 0.4) is 0 Å². The standard InChI is InChI=1S/C12H6BrClN2OS2/c13-7-5-6(14)1-2-9(7)16-11(17)10-8(3-4-19-10)15-12(16)18/h1-5H,(H,15,18). The van der Waals surface area contributed by atoms with Crippen molar-refractivity contribution in [3.05, 3.63) is 54.3 Å². The predicted molar refractivity (Wildman–Crippen MR) is 85.3 cm³/mol. The van der Waals surface area contributed by atoms with Gasteiger partial charge >= 0.3 is 0 Å². The van der Waals surface area contributed by atoms with Crippen LogP contribution in [-0.4, -0.2) is 9.55 Å². The van der Waals surface area contributed by atoms with Crippen molar-refractivity contribution in [2.75, 3.05) is 0 Å². The van der Waals surface area contributed by atoms with Gasteiger partial charge in [0.05, 0.1) is 11.2 Å². The molecule has 0 radical (unpaired) electrons. The zero-order valence-electron chi connectivity index (χ0n) is 9.31. The normalized spacial score (nSPS) is 11.1. The lowest BCUT2D eigenvalue weighted by Crippen LogP contribution is -2.19. The van der Waals surface area contributed by atoms with E-state index in [-0.39, 0.29) is 5.56 Å². The van der Waals surface area contributed by atoms with Crippen molar-refractivity contribution >= 4 is 61.3 Å². The van der Waals surface area contributed by atoms with E-state index in [2.05, 4.69) is 20.9 Å². The minimum absolute atomic E-state index is 0.128. The van der Waals surface area contributed by atoms with E-state index in [4.69, 9.17) is 23.8 Å². The first kappa shape index (κ1) is 13.1. The predicted octanol–water partition coefficient (Wildman–Crippen LogP) is 4.53. The van der Waals surface area contributed by atoms with Crippen LogP contribution in [0.2, 0.25) is 5.02 Å². The summed E-state index contributed by atoms with van der Waals surface area (Å²) in [6.07, 6.45) is 0. The van der Waals surface area contributed by atoms with Crippen molar-refractivity contribution in [2.45, 2.75) is 0 Å². The van der Waals surface area contributed by atoms with E-state index in [9.17, 15) is 4.79 Å². The highest BCUT2D eigenvalue weighted by atomic mass is 79.9. The molecule has 2 heterocycles. The summed E-state index contributed by atoms with van der Waals surface area (Å²) in [7, 11) is 0. The van der Waals surface area contributed by atoms with Crippen LogP contribution in [0.15, 0.2) is 38.9 Å². The quantitative estimate of drug-likeness (QED) is 0.637. The second kappa shape index (κ2) is 4.86. The van der Waals surface area contributed by atoms with Crippen LogP contribution in [0.25, 0.3) is 15.9 Å². The van der Waals surface area contributed by atoms with Crippen molar-refractivity contribution in [2.24, 2.45) is 0 Å². The number of nitrogens with one attached hydrogen (secondary N) is 1. The molecule has 3 rings (SSSR count). The van der Waals surface area contributed by atoms with Crippen molar-refractivity contribution in [3.63, 3.8) is 0 Å². The molecule has 0 saturated heterocycles. The van der Waals surface area contributed by atoms with Crippen LogP contribution in [0.1, 0.15) is 0 Å². The van der Waals surface area contributed by atoms with Crippen molar-refractivity contribution < 1.29 is 0 Å². The molecule has 0 spiro atoms. The summed E-state index contributed by atoms with van der Waals surface area (Å²) in [6.45, 7) is 0. The summed E-state index contributed by atoms with van der Waals surface area (Å²) in [5.74, 6) is 0. The molecule has 0 atom stereocenters. The van der Waals surface area contributed by atoms with Gasteiger partial charge in [-0.15, -0.1) is 11.3 Å². The van der Waals surface area contributed by atoms with Crippen LogP contribution in [0.4, 0.5) is 0 Å². The summed E-state index contributed by atoms with van der Waals surface area (Å²) in [6, 6.07) is 7.06. The molecule has 0 aliphatic carbocycles. The van der Waals surface area contributed by atoms with E-state index in [0.29, 0.717) is 20.2 Å². The highest BCUT2D eigenvalue weighted by molar-refractivity contribution is 9.10. The fourth-order valence-electron chi connectivity index (χ4n) is 1.82. The zero-order valence-corrected chi connectivity index (χ0v) is 13.3. The molecular formula is C12H6BrClN2OS2. The largest absolute Gasteiger partial charge is 0.331 e. The number of aromatic nitrogens is 2. The lowest BCUT2D eigenvalue weighted by molar-refractivity contribution is 0.939. The number of halogens is 2. The number of thiophene rings is 1. The Hall–Kier alpha value is -0.950. The van der Waals surface area contributed by atoms with Gasteiger partial charge in [-0.1, -0.05) is 11.6 Å². The number of nitrogens with zero attached hydrogens (tertiary/aromatic N) is 1. The SMILES string of the molecule is O=c1c2sccc2[nH]c(=S)n1-c1ccc(Cl)cc1Br. The van der Waals surface area contributed by atoms with E-state index < -0.39 is 0 Å². The second-order valence-corrected chi connectivity index (χ2v) is 6.42. The number of fused-ring (bicyclic) bond motifs is 1. The molecule has 2 aromatic heterocycles. The Morgan fingerprint density at radius 2 is 2.16 bits per heavy atom. The molecule has 7 heteroatoms. The number of hydrogen-bond acceptors (Lipinski definition) is 3. The highest BCUT2D eigenvalue weighted by Crippen LogP contribution is 2.25. The molecule has 3 nitrogen and oxygen atoms in total. The minimum Gasteiger partial charge on any atom is -0.331 e. The van der Waals surface area contributed by atoms with E-state index in [1.165, 1.54) is 15.9 Å². The van der Waals surface area contributed by atoms with Crippen LogP contribution >= 0.6 is 51.1 Å². The highest BCUT2D eigenvalue weighted by Gasteiger charge is 2.11. The summed E-state index contributed by atoms with van der Waals surface area (Å²) < 4.78 is 3.20. The minimum atomic E-state index is -0.128. The van der Waals surface area contributed by atoms with Gasteiger partial charge in [0.15, 0.2) is 4.77 Å². The topological polar surface area (TPSA) is 37.8 Å². The Morgan fingerprint density at radius 1 is 1.37 bits per heavy atom. The fourth-order valence-corrected chi connectivity index (χ4v) is 3.75. The van der Waals surface area contributed by atoms with Gasteiger partial charge in [-0.3, -0.25) is 9.36 Å². The molecular weight excluding hydrogens is 368 g/mol. The van der Waals surface area contributed by atoms with Gasteiger partial charge in [-0.05, 0) is 57.8 Å². The maximum Gasteiger partial charge on any atom is 0.276 e. The molecule has 0 bridgehead atoms. The average molecular weight is 374 g/mol. The Morgan fingerprint density at radius 3 is 2.89 bits per heavy atom. The van der Waals surface area contributed by atoms with Crippen LogP contribution < -0.4 is 5.56 Å². The van der Waals surface area contributed by atoms with Crippen molar-refractivity contribution in [3.8, 4) is 5.69 Å². The maximum atomic E-state index is 12.5. The number of rotatable bonds is 1. The van der Waals surface area contributed by atoms with Crippen LogP contribution in [-0.2, 0) is 0 Å². The van der Waals surface area contributed by atoms with Gasteiger partial charge in [0, 0.05) is 9.50 Å². The van der Waals surface area contributed by atoms with Crippen molar-refractivity contribution in [1.29, 1.82) is 0 Å². The van der Waals surface area contributed by atoms with E-state index >= 15 is 0 Å². The smallest absolute Gasteiger partial charge is 0.276 e. The van der Waals surface area contributed by atoms with Gasteiger partial charge in [0.1, 0.15) is 4.70 Å². The number of hydrogen-bond donors (Lipinski definition) is 1. The third-order valence-corrected chi connectivity index (χ3v) is 4.72. The Balaban J connectivity index is 2.42. The first-order valence-corrected chi connectivity index (χ1v) is 7.72. The fraction of sp³-hybridized carbons (Fsp3) is 0. The number of benzene rings is 1. The second-order valence-electron chi connectivity index (χ2n) is 3.83. The lowest BCUT2D eigenvalue weighted by atomic mass is 10.3.